The quantitative estimate of drug-likeness (QED) is 0.242. The third kappa shape index (κ3) is 5.80. The fraction of sp³-hybridized carbons (Fsp3) is 0.357. The van der Waals surface area contributed by atoms with Gasteiger partial charge in [-0.25, -0.2) is 0 Å². The Balaban J connectivity index is 1.45. The second-order valence-corrected chi connectivity index (χ2v) is 10.7. The van der Waals surface area contributed by atoms with Crippen LogP contribution in [0.4, 0.5) is 5.69 Å². The first-order chi connectivity index (χ1) is 16.3. The van der Waals surface area contributed by atoms with Crippen LogP contribution >= 0.6 is 11.8 Å². The minimum Gasteiger partial charge on any atom is -0.481 e. The van der Waals surface area contributed by atoms with E-state index in [4.69, 9.17) is 5.11 Å². The number of benzene rings is 2. The average Bonchev–Trinajstić information content (AvgIpc) is 3.13. The smallest absolute Gasteiger partial charge is 0.303 e. The topological polar surface area (TPSA) is 44.4 Å². The number of para-hydroxylation sites is 2. The zero-order valence-electron chi connectivity index (χ0n) is 20.4. The molecule has 2 aromatic carbocycles. The molecule has 0 saturated heterocycles. The van der Waals surface area contributed by atoms with Crippen LogP contribution in [0.25, 0.3) is 17.0 Å². The average molecular weight is 478 g/mol. The fourth-order valence-electron chi connectivity index (χ4n) is 4.61. The Morgan fingerprint density at radius 2 is 1.76 bits per heavy atom. The maximum Gasteiger partial charge on any atom is 0.303 e. The number of aliphatic carboxylic acids is 1. The second kappa shape index (κ2) is 10.6. The van der Waals surface area contributed by atoms with Crippen LogP contribution in [0.3, 0.4) is 0 Å². The summed E-state index contributed by atoms with van der Waals surface area (Å²) in [6.45, 7) is 3.05. The predicted molar refractivity (Wildman–Crippen MR) is 141 cm³/mol. The molecule has 6 heteroatoms. The Kier molecular flexibility index (Phi) is 7.59. The number of thioether (sulfide) groups is 1. The maximum atomic E-state index is 10.7. The van der Waals surface area contributed by atoms with Gasteiger partial charge in [-0.2, -0.15) is 4.57 Å². The molecule has 5 nitrogen and oxygen atoms in total. The Morgan fingerprint density at radius 3 is 2.56 bits per heavy atom. The number of fused-ring (bicyclic) bond motifs is 2. The number of hydrogen-bond acceptors (Lipinski definition) is 3. The van der Waals surface area contributed by atoms with Crippen molar-refractivity contribution in [3.63, 3.8) is 0 Å². The zero-order chi connectivity index (χ0) is 24.1. The van der Waals surface area contributed by atoms with E-state index >= 15 is 0 Å². The van der Waals surface area contributed by atoms with Crippen LogP contribution in [0.15, 0.2) is 70.7 Å². The lowest BCUT2D eigenvalue weighted by Gasteiger charge is -2.29. The van der Waals surface area contributed by atoms with E-state index in [0.29, 0.717) is 0 Å². The van der Waals surface area contributed by atoms with E-state index in [1.165, 1.54) is 32.1 Å². The molecule has 0 saturated carbocycles. The van der Waals surface area contributed by atoms with Crippen molar-refractivity contribution in [1.82, 2.24) is 0 Å². The largest absolute Gasteiger partial charge is 0.481 e. The van der Waals surface area contributed by atoms with Gasteiger partial charge in [-0.05, 0) is 42.7 Å². The summed E-state index contributed by atoms with van der Waals surface area (Å²) in [5.74, 6) is -0.699. The third-order valence-corrected chi connectivity index (χ3v) is 7.74. The van der Waals surface area contributed by atoms with Crippen molar-refractivity contribution in [2.24, 2.45) is 0 Å². The molecule has 178 valence electrons. The van der Waals surface area contributed by atoms with Crippen molar-refractivity contribution in [2.75, 3.05) is 39.1 Å². The van der Waals surface area contributed by atoms with Gasteiger partial charge in [0.05, 0.1) is 49.7 Å². The highest BCUT2D eigenvalue weighted by Crippen LogP contribution is 2.45. The molecule has 0 spiro atoms. The number of pyridine rings is 1. The number of anilines is 1. The Labute approximate surface area is 206 Å². The van der Waals surface area contributed by atoms with Crippen molar-refractivity contribution < 1.29 is 19.0 Å². The standard InChI is InChI=1S/C28H34N3O2S/c1-29-25-13-6-7-14-26(25)34-27(29)21-22-16-18-30(24-12-5-4-11-23(22)24)17-10-20-31(2,3)19-9-8-15-28(32)33/h4-7,11-14,16,18,21H,8-10,15,17,19-20H2,1-3H3/q+1/p+1. The number of nitrogens with zero attached hydrogens (tertiary/aromatic N) is 3. The molecule has 0 amide bonds. The lowest BCUT2D eigenvalue weighted by atomic mass is 10.1. The third-order valence-electron chi connectivity index (χ3n) is 6.58. The summed E-state index contributed by atoms with van der Waals surface area (Å²) in [5.41, 5.74) is 3.76. The minimum absolute atomic E-state index is 0.269. The Hall–Kier alpha value is -2.83. The van der Waals surface area contributed by atoms with Crippen LogP contribution in [-0.4, -0.2) is 49.8 Å². The molecular weight excluding hydrogens is 442 g/mol. The SMILES string of the molecule is CN1/C(=C/c2cc[n+](CCC[N+](C)(C)CCCCC(=O)O)c3ccccc23)Sc2ccccc21. The monoisotopic (exact) mass is 477 g/mol. The van der Waals surface area contributed by atoms with Gasteiger partial charge in [0.25, 0.3) is 0 Å². The first-order valence-electron chi connectivity index (χ1n) is 12.0. The van der Waals surface area contributed by atoms with Gasteiger partial charge in [0.2, 0.25) is 5.52 Å². The summed E-state index contributed by atoms with van der Waals surface area (Å²) in [7, 11) is 6.62. The van der Waals surface area contributed by atoms with Gasteiger partial charge >= 0.3 is 5.97 Å². The van der Waals surface area contributed by atoms with E-state index in [0.717, 1.165) is 43.4 Å². The van der Waals surface area contributed by atoms with E-state index in [-0.39, 0.29) is 6.42 Å². The summed E-state index contributed by atoms with van der Waals surface area (Å²) in [6.07, 6.45) is 7.57. The molecular formula is C28H35N3O2S+2. The Morgan fingerprint density at radius 1 is 1.03 bits per heavy atom. The van der Waals surface area contributed by atoms with E-state index < -0.39 is 5.97 Å². The highest BCUT2D eigenvalue weighted by Gasteiger charge is 2.22. The second-order valence-electron chi connectivity index (χ2n) is 9.68. The van der Waals surface area contributed by atoms with Gasteiger partial charge in [-0.3, -0.25) is 4.79 Å². The number of carboxylic acids is 1. The number of aromatic nitrogens is 1. The number of aryl methyl sites for hydroxylation is 1. The molecule has 0 bridgehead atoms. The van der Waals surface area contributed by atoms with Gasteiger partial charge in [0.1, 0.15) is 0 Å². The molecule has 0 aliphatic carbocycles. The van der Waals surface area contributed by atoms with Crippen LogP contribution < -0.4 is 9.47 Å². The summed E-state index contributed by atoms with van der Waals surface area (Å²) in [4.78, 5) is 14.3. The summed E-state index contributed by atoms with van der Waals surface area (Å²) in [5, 5.41) is 11.3. The molecule has 1 aliphatic heterocycles. The van der Waals surface area contributed by atoms with Crippen molar-refractivity contribution >= 4 is 40.4 Å². The summed E-state index contributed by atoms with van der Waals surface area (Å²) >= 11 is 1.82. The van der Waals surface area contributed by atoms with E-state index in [9.17, 15) is 4.79 Å². The lowest BCUT2D eigenvalue weighted by molar-refractivity contribution is -0.892. The van der Waals surface area contributed by atoms with Gasteiger partial charge in [0, 0.05) is 30.5 Å². The molecule has 0 radical (unpaired) electrons. The molecule has 34 heavy (non-hydrogen) atoms. The van der Waals surface area contributed by atoms with Gasteiger partial charge in [-0.15, -0.1) is 0 Å². The molecule has 0 unspecified atom stereocenters. The normalized spacial score (nSPS) is 14.7. The van der Waals surface area contributed by atoms with Crippen molar-refractivity contribution in [3.05, 3.63) is 71.4 Å². The van der Waals surface area contributed by atoms with Crippen LogP contribution in [0, 0.1) is 0 Å². The van der Waals surface area contributed by atoms with Gasteiger partial charge in [-0.1, -0.05) is 36.0 Å². The van der Waals surface area contributed by atoms with Crippen molar-refractivity contribution in [3.8, 4) is 0 Å². The fourth-order valence-corrected chi connectivity index (χ4v) is 5.71. The van der Waals surface area contributed by atoms with Crippen molar-refractivity contribution in [2.45, 2.75) is 37.1 Å². The molecule has 1 aliphatic rings. The molecule has 1 aromatic heterocycles. The van der Waals surface area contributed by atoms with Crippen LogP contribution in [0.1, 0.15) is 31.2 Å². The van der Waals surface area contributed by atoms with Crippen molar-refractivity contribution in [1.29, 1.82) is 0 Å². The van der Waals surface area contributed by atoms with E-state index in [1.807, 2.05) is 11.8 Å². The van der Waals surface area contributed by atoms with E-state index in [2.05, 4.69) is 97.5 Å². The highest BCUT2D eigenvalue weighted by atomic mass is 32.2. The van der Waals surface area contributed by atoms with Gasteiger partial charge in [0.15, 0.2) is 12.7 Å². The predicted octanol–water partition coefficient (Wildman–Crippen LogP) is 5.39. The maximum absolute atomic E-state index is 10.7. The lowest BCUT2D eigenvalue weighted by Crippen LogP contribution is -2.44. The molecule has 2 heterocycles. The molecule has 0 fully saturated rings. The Bertz CT molecular complexity index is 1210. The van der Waals surface area contributed by atoms with Gasteiger partial charge < -0.3 is 14.5 Å². The van der Waals surface area contributed by atoms with Crippen LogP contribution in [-0.2, 0) is 11.3 Å². The number of quaternary nitrogens is 1. The number of carboxylic acid groups (broad SMARTS) is 1. The first-order valence-corrected chi connectivity index (χ1v) is 12.8. The molecule has 3 aromatic rings. The highest BCUT2D eigenvalue weighted by molar-refractivity contribution is 8.03. The number of carbonyl (C=O) groups is 1. The number of rotatable bonds is 10. The molecule has 4 rings (SSSR count). The van der Waals surface area contributed by atoms with Crippen LogP contribution in [0.2, 0.25) is 0 Å². The van der Waals surface area contributed by atoms with E-state index in [1.54, 1.807) is 0 Å². The number of hydrogen-bond donors (Lipinski definition) is 1. The molecule has 1 N–H and O–H groups in total. The molecule has 0 atom stereocenters. The number of unbranched alkanes of at least 4 members (excludes halogenated alkanes) is 1. The summed E-state index contributed by atoms with van der Waals surface area (Å²) < 4.78 is 3.29. The minimum atomic E-state index is -0.699. The summed E-state index contributed by atoms with van der Waals surface area (Å²) in [6, 6.07) is 19.4. The van der Waals surface area contributed by atoms with Crippen LogP contribution in [0.5, 0.6) is 0 Å². The zero-order valence-corrected chi connectivity index (χ0v) is 21.2. The first kappa shape index (κ1) is 24.3.